The number of rotatable bonds is 7. The van der Waals surface area contributed by atoms with Gasteiger partial charge in [0.25, 0.3) is 0 Å². The number of hydrogen-bond donors (Lipinski definition) is 0. The maximum absolute atomic E-state index is 9.70. The second-order valence-electron chi connectivity index (χ2n) is 6.79. The Hall–Kier alpha value is -3.43. The van der Waals surface area contributed by atoms with Gasteiger partial charge >= 0.3 is 0 Å². The molecule has 0 radical (unpaired) electrons. The molecule has 0 aromatic heterocycles. The summed E-state index contributed by atoms with van der Waals surface area (Å²) in [4.78, 5) is 0. The SMILES string of the molecule is CCOc1cc(/C=C(/C#N)c2ccc3c(c2)OCO3)ccc1OCc1ccc(Br)cc1. The van der Waals surface area contributed by atoms with E-state index in [1.165, 1.54) is 0 Å². The fourth-order valence-corrected chi connectivity index (χ4v) is 3.42. The van der Waals surface area contributed by atoms with Crippen molar-refractivity contribution in [2.45, 2.75) is 13.5 Å². The summed E-state index contributed by atoms with van der Waals surface area (Å²) in [5.74, 6) is 2.62. The Kier molecular flexibility index (Phi) is 6.44. The number of nitrogens with zero attached hydrogens (tertiary/aromatic N) is 1. The number of benzene rings is 3. The van der Waals surface area contributed by atoms with Crippen molar-refractivity contribution in [1.82, 2.24) is 0 Å². The maximum Gasteiger partial charge on any atom is 0.231 e. The van der Waals surface area contributed by atoms with E-state index in [0.29, 0.717) is 41.8 Å². The number of halogens is 1. The molecular formula is C25H20BrNO4. The molecule has 3 aromatic carbocycles. The number of ether oxygens (including phenoxy) is 4. The first kappa shape index (κ1) is 20.8. The van der Waals surface area contributed by atoms with Crippen LogP contribution in [-0.2, 0) is 6.61 Å². The molecule has 156 valence electrons. The Balaban J connectivity index is 1.57. The molecule has 31 heavy (non-hydrogen) atoms. The standard InChI is InChI=1S/C25H20BrNO4/c1-2-28-24-12-18(5-9-22(24)29-15-17-3-7-21(26)8-4-17)11-20(14-27)19-6-10-23-25(13-19)31-16-30-23/h3-13H,2,15-16H2,1H3/b20-11-. The van der Waals surface area contributed by atoms with Crippen molar-refractivity contribution < 1.29 is 18.9 Å². The molecule has 1 heterocycles. The number of nitriles is 1. The average molecular weight is 478 g/mol. The molecule has 0 fully saturated rings. The third kappa shape index (κ3) is 5.01. The van der Waals surface area contributed by atoms with E-state index >= 15 is 0 Å². The molecule has 0 aliphatic carbocycles. The van der Waals surface area contributed by atoms with Gasteiger partial charge in [0.1, 0.15) is 6.61 Å². The highest BCUT2D eigenvalue weighted by Gasteiger charge is 2.15. The predicted molar refractivity (Wildman–Crippen MR) is 122 cm³/mol. The van der Waals surface area contributed by atoms with E-state index in [1.807, 2.05) is 73.7 Å². The van der Waals surface area contributed by atoms with Gasteiger partial charge in [-0.3, -0.25) is 0 Å². The third-order valence-corrected chi connectivity index (χ3v) is 5.22. The zero-order valence-corrected chi connectivity index (χ0v) is 18.5. The maximum atomic E-state index is 9.70. The predicted octanol–water partition coefficient (Wildman–Crippen LogP) is 6.22. The van der Waals surface area contributed by atoms with E-state index in [-0.39, 0.29) is 6.79 Å². The first-order valence-corrected chi connectivity index (χ1v) is 10.6. The van der Waals surface area contributed by atoms with E-state index in [1.54, 1.807) is 0 Å². The van der Waals surface area contributed by atoms with E-state index in [2.05, 4.69) is 22.0 Å². The number of allylic oxidation sites excluding steroid dienone is 1. The Morgan fingerprint density at radius 2 is 1.81 bits per heavy atom. The van der Waals surface area contributed by atoms with Gasteiger partial charge in [-0.1, -0.05) is 34.1 Å². The Morgan fingerprint density at radius 3 is 2.58 bits per heavy atom. The molecule has 0 atom stereocenters. The van der Waals surface area contributed by atoms with Crippen molar-refractivity contribution >= 4 is 27.6 Å². The lowest BCUT2D eigenvalue weighted by atomic mass is 10.0. The molecule has 0 unspecified atom stereocenters. The van der Waals surface area contributed by atoms with Crippen LogP contribution in [0.5, 0.6) is 23.0 Å². The summed E-state index contributed by atoms with van der Waals surface area (Å²) in [5.41, 5.74) is 3.18. The molecule has 0 N–H and O–H groups in total. The first-order chi connectivity index (χ1) is 15.2. The third-order valence-electron chi connectivity index (χ3n) is 4.69. The Morgan fingerprint density at radius 1 is 1.00 bits per heavy atom. The minimum absolute atomic E-state index is 0.198. The van der Waals surface area contributed by atoms with Crippen LogP contribution in [0.1, 0.15) is 23.6 Å². The first-order valence-electron chi connectivity index (χ1n) is 9.82. The summed E-state index contributed by atoms with van der Waals surface area (Å²) in [5, 5.41) is 9.70. The summed E-state index contributed by atoms with van der Waals surface area (Å²) in [7, 11) is 0. The monoisotopic (exact) mass is 477 g/mol. The Bertz CT molecular complexity index is 1150. The van der Waals surface area contributed by atoms with Gasteiger partial charge < -0.3 is 18.9 Å². The zero-order valence-electron chi connectivity index (χ0n) is 16.9. The molecule has 0 amide bonds. The molecule has 0 saturated carbocycles. The van der Waals surface area contributed by atoms with Crippen LogP contribution in [0, 0.1) is 11.3 Å². The lowest BCUT2D eigenvalue weighted by molar-refractivity contribution is 0.174. The van der Waals surface area contributed by atoms with Gasteiger partial charge in [0, 0.05) is 4.47 Å². The van der Waals surface area contributed by atoms with Crippen LogP contribution in [-0.4, -0.2) is 13.4 Å². The van der Waals surface area contributed by atoms with Crippen LogP contribution in [0.3, 0.4) is 0 Å². The van der Waals surface area contributed by atoms with Crippen molar-refractivity contribution in [3.05, 3.63) is 81.8 Å². The molecule has 6 heteroatoms. The van der Waals surface area contributed by atoms with Gasteiger partial charge in [0.2, 0.25) is 6.79 Å². The largest absolute Gasteiger partial charge is 0.490 e. The van der Waals surface area contributed by atoms with Gasteiger partial charge in [-0.2, -0.15) is 5.26 Å². The van der Waals surface area contributed by atoms with Crippen molar-refractivity contribution in [3.63, 3.8) is 0 Å². The normalized spacial score (nSPS) is 12.4. The Labute approximate surface area is 189 Å². The topological polar surface area (TPSA) is 60.7 Å². The van der Waals surface area contributed by atoms with Gasteiger partial charge in [-0.25, -0.2) is 0 Å². The summed E-state index contributed by atoms with van der Waals surface area (Å²) >= 11 is 3.44. The summed E-state index contributed by atoms with van der Waals surface area (Å²) in [6.07, 6.45) is 1.82. The van der Waals surface area contributed by atoms with Crippen molar-refractivity contribution in [1.29, 1.82) is 5.26 Å². The molecule has 0 spiro atoms. The number of hydrogen-bond acceptors (Lipinski definition) is 5. The quantitative estimate of drug-likeness (QED) is 0.298. The second-order valence-corrected chi connectivity index (χ2v) is 7.71. The lowest BCUT2D eigenvalue weighted by Gasteiger charge is -2.13. The molecule has 1 aliphatic heterocycles. The smallest absolute Gasteiger partial charge is 0.231 e. The average Bonchev–Trinajstić information content (AvgIpc) is 3.26. The molecule has 1 aliphatic rings. The van der Waals surface area contributed by atoms with E-state index in [4.69, 9.17) is 18.9 Å². The highest BCUT2D eigenvalue weighted by molar-refractivity contribution is 9.10. The van der Waals surface area contributed by atoms with Crippen molar-refractivity contribution in [2.75, 3.05) is 13.4 Å². The van der Waals surface area contributed by atoms with Gasteiger partial charge in [-0.05, 0) is 72.2 Å². The van der Waals surface area contributed by atoms with E-state index < -0.39 is 0 Å². The van der Waals surface area contributed by atoms with Gasteiger partial charge in [-0.15, -0.1) is 0 Å². The lowest BCUT2D eigenvalue weighted by Crippen LogP contribution is -2.00. The van der Waals surface area contributed by atoms with Crippen LogP contribution in [0.25, 0.3) is 11.6 Å². The molecule has 3 aromatic rings. The molecule has 5 nitrogen and oxygen atoms in total. The van der Waals surface area contributed by atoms with Crippen LogP contribution >= 0.6 is 15.9 Å². The highest BCUT2D eigenvalue weighted by atomic mass is 79.9. The minimum Gasteiger partial charge on any atom is -0.490 e. The van der Waals surface area contributed by atoms with E-state index in [9.17, 15) is 5.26 Å². The van der Waals surface area contributed by atoms with Crippen LogP contribution in [0.4, 0.5) is 0 Å². The molecule has 0 bridgehead atoms. The van der Waals surface area contributed by atoms with Crippen LogP contribution in [0.2, 0.25) is 0 Å². The summed E-state index contributed by atoms with van der Waals surface area (Å²) < 4.78 is 23.6. The van der Waals surface area contributed by atoms with Crippen molar-refractivity contribution in [2.24, 2.45) is 0 Å². The van der Waals surface area contributed by atoms with Gasteiger partial charge in [0.15, 0.2) is 23.0 Å². The minimum atomic E-state index is 0.198. The summed E-state index contributed by atoms with van der Waals surface area (Å²) in [6.45, 7) is 3.07. The molecule has 0 saturated heterocycles. The number of fused-ring (bicyclic) bond motifs is 1. The van der Waals surface area contributed by atoms with Crippen LogP contribution < -0.4 is 18.9 Å². The summed E-state index contributed by atoms with van der Waals surface area (Å²) in [6, 6.07) is 21.4. The molecule has 4 rings (SSSR count). The van der Waals surface area contributed by atoms with E-state index in [0.717, 1.165) is 21.2 Å². The fourth-order valence-electron chi connectivity index (χ4n) is 3.15. The zero-order chi connectivity index (χ0) is 21.6. The fraction of sp³-hybridized carbons (Fsp3) is 0.160. The molecular weight excluding hydrogens is 458 g/mol. The van der Waals surface area contributed by atoms with Crippen molar-refractivity contribution in [3.8, 4) is 29.1 Å². The second kappa shape index (κ2) is 9.59. The van der Waals surface area contributed by atoms with Crippen LogP contribution in [0.15, 0.2) is 65.1 Å². The highest BCUT2D eigenvalue weighted by Crippen LogP contribution is 2.35. The van der Waals surface area contributed by atoms with Gasteiger partial charge in [0.05, 0.1) is 18.2 Å².